The number of aromatic nitrogens is 2. The lowest BCUT2D eigenvalue weighted by Gasteiger charge is -2.49. The van der Waals surface area contributed by atoms with E-state index >= 15 is 0 Å². The van der Waals surface area contributed by atoms with Gasteiger partial charge in [0.15, 0.2) is 15.2 Å². The first-order valence-electron chi connectivity index (χ1n) is 9.34. The summed E-state index contributed by atoms with van der Waals surface area (Å²) in [5.41, 5.74) is 10.0. The monoisotopic (exact) mass is 575 g/mol. The molecule has 4 rings (SSSR count). The van der Waals surface area contributed by atoms with Crippen LogP contribution in [0.1, 0.15) is 21.1 Å². The minimum atomic E-state index is -1.33. The van der Waals surface area contributed by atoms with Gasteiger partial charge in [-0.15, -0.1) is 23.1 Å². The number of aryl methyl sites for hydroxylation is 1. The Morgan fingerprint density at radius 3 is 2.54 bits per heavy atom. The summed E-state index contributed by atoms with van der Waals surface area (Å²) in [5.74, 6) is -3.42. The van der Waals surface area contributed by atoms with Gasteiger partial charge in [-0.1, -0.05) is 39.9 Å². The van der Waals surface area contributed by atoms with Gasteiger partial charge in [0.2, 0.25) is 0 Å². The second-order valence-corrected chi connectivity index (χ2v) is 12.2. The number of thiazole rings is 2. The van der Waals surface area contributed by atoms with Gasteiger partial charge in [0.25, 0.3) is 17.7 Å². The zero-order valence-electron chi connectivity index (χ0n) is 17.3. The van der Waals surface area contributed by atoms with Crippen LogP contribution >= 0.6 is 57.8 Å². The average molecular weight is 576 g/mol. The minimum absolute atomic E-state index is 0.0220. The molecule has 3 amide bonds. The predicted molar refractivity (Wildman–Crippen MR) is 131 cm³/mol. The van der Waals surface area contributed by atoms with Crippen molar-refractivity contribution in [2.45, 2.75) is 22.7 Å². The molecule has 4 heterocycles. The van der Waals surface area contributed by atoms with Crippen LogP contribution in [-0.4, -0.2) is 71.8 Å². The van der Waals surface area contributed by atoms with Crippen LogP contribution in [0.15, 0.2) is 20.1 Å². The van der Waals surface area contributed by atoms with Gasteiger partial charge in [0, 0.05) is 15.5 Å². The summed E-state index contributed by atoms with van der Waals surface area (Å²) >= 11 is 10.3. The topological polar surface area (TPSA) is 214 Å². The number of nitrogen functional groups attached to an aromatic ring is 1. The van der Waals surface area contributed by atoms with Crippen LogP contribution in [0.5, 0.6) is 0 Å². The minimum Gasteiger partial charge on any atom is -0.477 e. The number of carbonyl (C=O) groups excluding carboxylic acids is 3. The molecule has 2 aromatic heterocycles. The van der Waals surface area contributed by atoms with Crippen molar-refractivity contribution in [3.8, 4) is 0 Å². The number of fused-ring (bicyclic) bond motifs is 1. The highest BCUT2D eigenvalue weighted by Crippen LogP contribution is 2.46. The number of amides is 3. The fraction of sp³-hybridized carbons (Fsp3) is 0.235. The fourth-order valence-electron chi connectivity index (χ4n) is 3.29. The van der Waals surface area contributed by atoms with Gasteiger partial charge >= 0.3 is 5.97 Å². The number of carboxylic acids is 1. The number of carboxylic acid groups (broad SMARTS) is 1. The molecule has 0 bridgehead atoms. The summed E-state index contributed by atoms with van der Waals surface area (Å²) in [6.45, 7) is 1.67. The Balaban J connectivity index is 1.54. The molecule has 1 fully saturated rings. The van der Waals surface area contributed by atoms with E-state index in [4.69, 9.17) is 23.1 Å². The predicted octanol–water partition coefficient (Wildman–Crippen LogP) is 0.909. The molecular formula is C17H14ClN7O6S4. The smallest absolute Gasteiger partial charge is 0.353 e. The molecule has 18 heteroatoms. The Morgan fingerprint density at radius 1 is 1.29 bits per heavy atom. The van der Waals surface area contributed by atoms with Gasteiger partial charge in [0.05, 0.1) is 0 Å². The van der Waals surface area contributed by atoms with E-state index in [9.17, 15) is 29.5 Å². The number of rotatable bonds is 7. The molecule has 2 aromatic rings. The molecule has 2 aliphatic rings. The number of primary amides is 1. The molecule has 0 unspecified atom stereocenters. The van der Waals surface area contributed by atoms with Gasteiger partial charge in [-0.05, 0) is 6.92 Å². The molecule has 2 atom stereocenters. The van der Waals surface area contributed by atoms with E-state index in [1.807, 2.05) is 0 Å². The van der Waals surface area contributed by atoms with Crippen molar-refractivity contribution in [1.29, 1.82) is 0 Å². The summed E-state index contributed by atoms with van der Waals surface area (Å²) < 4.78 is 0.430. The van der Waals surface area contributed by atoms with Crippen molar-refractivity contribution in [2.75, 3.05) is 11.5 Å². The van der Waals surface area contributed by atoms with Crippen molar-refractivity contribution < 1.29 is 29.5 Å². The summed E-state index contributed by atoms with van der Waals surface area (Å²) in [6, 6.07) is -1.08. The van der Waals surface area contributed by atoms with Crippen molar-refractivity contribution in [3.63, 3.8) is 0 Å². The molecule has 184 valence electrons. The van der Waals surface area contributed by atoms with Gasteiger partial charge < -0.3 is 27.1 Å². The largest absolute Gasteiger partial charge is 0.477 e. The summed E-state index contributed by atoms with van der Waals surface area (Å²) in [7, 11) is 0. The second-order valence-electron chi connectivity index (χ2n) is 6.91. The molecule has 0 aromatic carbocycles. The SMILES string of the molecule is Cc1sc(SC2=C(C(=O)O)N3C(=O)[C@@H](NC(=O)/C(=N\O)c4nc(N)sc4Cl)[C@@H]3SC2)nc1C(N)=O. The first-order valence-corrected chi connectivity index (χ1v) is 13.2. The molecule has 1 saturated heterocycles. The average Bonchev–Trinajstić information content (AvgIpc) is 3.32. The van der Waals surface area contributed by atoms with E-state index in [1.165, 1.54) is 23.1 Å². The highest BCUT2D eigenvalue weighted by molar-refractivity contribution is 8.07. The van der Waals surface area contributed by atoms with Gasteiger partial charge in [-0.2, -0.15) is 0 Å². The van der Waals surface area contributed by atoms with E-state index in [-0.39, 0.29) is 32.3 Å². The number of anilines is 1. The Hall–Kier alpha value is -2.86. The van der Waals surface area contributed by atoms with Crippen molar-refractivity contribution >= 4 is 92.3 Å². The third-order valence-corrected chi connectivity index (χ3v) is 9.45. The third-order valence-electron chi connectivity index (χ3n) is 4.79. The number of hydrogen-bond acceptors (Lipinski definition) is 13. The molecular weight excluding hydrogens is 562 g/mol. The molecule has 35 heavy (non-hydrogen) atoms. The highest BCUT2D eigenvalue weighted by atomic mass is 35.5. The lowest BCUT2D eigenvalue weighted by Crippen LogP contribution is -2.71. The maximum Gasteiger partial charge on any atom is 0.353 e. The van der Waals surface area contributed by atoms with Crippen LogP contribution in [0, 0.1) is 6.92 Å². The normalized spacial score (nSPS) is 19.9. The fourth-order valence-corrected chi connectivity index (χ4v) is 7.97. The Labute approximate surface area is 217 Å². The zero-order chi connectivity index (χ0) is 25.6. The molecule has 13 nitrogen and oxygen atoms in total. The van der Waals surface area contributed by atoms with Crippen molar-refractivity contribution in [3.05, 3.63) is 31.2 Å². The number of nitrogens with one attached hydrogen (secondary N) is 1. The number of thioether (sulfide) groups is 2. The number of oxime groups is 1. The zero-order valence-corrected chi connectivity index (χ0v) is 21.4. The van der Waals surface area contributed by atoms with Gasteiger partial charge in [-0.25, -0.2) is 14.8 Å². The standard InChI is InChI=1S/C17H14ClN7O6S4/c1-3-5(11(19)26)23-17(33-3)34-4-2-32-14-8(13(28)25(14)9(4)15(29)30)21-12(27)7(24-31)6-10(18)35-16(20)22-6/h8,14,31H,2H2,1H3,(H2,19,26)(H2,20,22)(H,21,27)(H,29,30)/b24-7-/t8-,14+/m1/s1. The van der Waals surface area contributed by atoms with Crippen LogP contribution in [-0.2, 0) is 14.4 Å². The molecule has 0 aliphatic carbocycles. The van der Waals surface area contributed by atoms with Crippen LogP contribution < -0.4 is 16.8 Å². The number of carbonyl (C=O) groups is 4. The second kappa shape index (κ2) is 9.65. The number of nitrogens with zero attached hydrogens (tertiary/aromatic N) is 4. The molecule has 0 spiro atoms. The van der Waals surface area contributed by atoms with Gasteiger partial charge in [-0.3, -0.25) is 19.3 Å². The number of halogens is 1. The lowest BCUT2D eigenvalue weighted by molar-refractivity contribution is -0.150. The molecule has 2 aliphatic heterocycles. The Morgan fingerprint density at radius 2 is 2.00 bits per heavy atom. The lowest BCUT2D eigenvalue weighted by atomic mass is 10.0. The first-order chi connectivity index (χ1) is 16.5. The number of hydrogen-bond donors (Lipinski definition) is 5. The van der Waals surface area contributed by atoms with Crippen LogP contribution in [0.25, 0.3) is 0 Å². The number of aliphatic carboxylic acids is 1. The Kier molecular flexibility index (Phi) is 6.96. The van der Waals surface area contributed by atoms with E-state index in [0.29, 0.717) is 14.1 Å². The molecule has 7 N–H and O–H groups in total. The number of β-lactam (4-membered cyclic amide) rings is 1. The van der Waals surface area contributed by atoms with Crippen LogP contribution in [0.2, 0.25) is 4.34 Å². The Bertz CT molecular complexity index is 1340. The van der Waals surface area contributed by atoms with Crippen LogP contribution in [0.4, 0.5) is 5.13 Å². The van der Waals surface area contributed by atoms with E-state index in [2.05, 4.69) is 20.4 Å². The van der Waals surface area contributed by atoms with E-state index in [1.54, 1.807) is 6.92 Å². The van der Waals surface area contributed by atoms with E-state index < -0.39 is 40.8 Å². The maximum absolute atomic E-state index is 12.9. The first kappa shape index (κ1) is 25.2. The van der Waals surface area contributed by atoms with Gasteiger partial charge in [0.1, 0.15) is 32.8 Å². The highest BCUT2D eigenvalue weighted by Gasteiger charge is 2.54. The maximum atomic E-state index is 12.9. The van der Waals surface area contributed by atoms with E-state index in [0.717, 1.165) is 28.0 Å². The molecule has 0 saturated carbocycles. The summed E-state index contributed by atoms with van der Waals surface area (Å²) in [6.07, 6.45) is 0. The summed E-state index contributed by atoms with van der Waals surface area (Å²) in [4.78, 5) is 59.1. The van der Waals surface area contributed by atoms with Crippen molar-refractivity contribution in [1.82, 2.24) is 20.2 Å². The molecule has 0 radical (unpaired) electrons. The third kappa shape index (κ3) is 4.56. The number of nitrogens with two attached hydrogens (primary N) is 2. The van der Waals surface area contributed by atoms with Crippen LogP contribution in [0.3, 0.4) is 0 Å². The summed E-state index contributed by atoms with van der Waals surface area (Å²) in [5, 5.41) is 23.8. The quantitative estimate of drug-likeness (QED) is 0.135. The van der Waals surface area contributed by atoms with Crippen molar-refractivity contribution in [2.24, 2.45) is 10.9 Å².